The van der Waals surface area contributed by atoms with Gasteiger partial charge in [-0.2, -0.15) is 4.31 Å². The molecule has 1 amide bonds. The number of carbonyl (C=O) groups is 1. The van der Waals surface area contributed by atoms with Gasteiger partial charge in [0.1, 0.15) is 0 Å². The first-order valence-electron chi connectivity index (χ1n) is 9.58. The number of amides is 1. The molecule has 2 heterocycles. The smallest absolute Gasteiger partial charge is 0.253 e. The van der Waals surface area contributed by atoms with Gasteiger partial charge >= 0.3 is 0 Å². The first-order chi connectivity index (χ1) is 12.5. The highest BCUT2D eigenvalue weighted by Gasteiger charge is 2.27. The van der Waals surface area contributed by atoms with Crippen molar-refractivity contribution in [3.8, 4) is 0 Å². The molecular formula is C19H29N3O3S. The fraction of sp³-hybridized carbons (Fsp3) is 0.632. The molecule has 3 rings (SSSR count). The predicted molar refractivity (Wildman–Crippen MR) is 102 cm³/mol. The van der Waals surface area contributed by atoms with Crippen LogP contribution in [0.3, 0.4) is 0 Å². The van der Waals surface area contributed by atoms with E-state index in [0.717, 1.165) is 51.6 Å². The van der Waals surface area contributed by atoms with Crippen molar-refractivity contribution >= 4 is 15.9 Å². The van der Waals surface area contributed by atoms with E-state index in [2.05, 4.69) is 5.32 Å². The van der Waals surface area contributed by atoms with Crippen molar-refractivity contribution in [3.05, 3.63) is 29.8 Å². The number of nitrogens with zero attached hydrogens (tertiary/aromatic N) is 2. The monoisotopic (exact) mass is 379 g/mol. The maximum atomic E-state index is 13.0. The molecule has 1 aromatic carbocycles. The molecule has 0 radical (unpaired) electrons. The van der Waals surface area contributed by atoms with Crippen molar-refractivity contribution in [3.63, 3.8) is 0 Å². The average molecular weight is 380 g/mol. The summed E-state index contributed by atoms with van der Waals surface area (Å²) in [4.78, 5) is 14.8. The highest BCUT2D eigenvalue weighted by Crippen LogP contribution is 2.22. The van der Waals surface area contributed by atoms with Crippen LogP contribution >= 0.6 is 0 Å². The molecule has 7 heteroatoms. The van der Waals surface area contributed by atoms with E-state index in [0.29, 0.717) is 18.7 Å². The Kier molecular flexibility index (Phi) is 6.32. The minimum atomic E-state index is -3.54. The van der Waals surface area contributed by atoms with Gasteiger partial charge in [-0.1, -0.05) is 18.9 Å². The van der Waals surface area contributed by atoms with Gasteiger partial charge in [-0.3, -0.25) is 4.79 Å². The Morgan fingerprint density at radius 3 is 2.42 bits per heavy atom. The van der Waals surface area contributed by atoms with E-state index in [1.54, 1.807) is 33.5 Å². The molecular weight excluding hydrogens is 350 g/mol. The standard InChI is InChI=1S/C19H29N3O3S/c1-21(17-9-11-20-12-10-17)19(23)16-7-6-8-18(15-16)26(24,25)22-13-4-2-3-5-14-22/h6-8,15,17,20H,2-5,9-14H2,1H3. The van der Waals surface area contributed by atoms with Crippen LogP contribution in [-0.2, 0) is 10.0 Å². The van der Waals surface area contributed by atoms with Gasteiger partial charge < -0.3 is 10.2 Å². The Bertz CT molecular complexity index is 721. The molecule has 0 aliphatic carbocycles. The van der Waals surface area contributed by atoms with Crippen LogP contribution in [0.4, 0.5) is 0 Å². The summed E-state index contributed by atoms with van der Waals surface area (Å²) >= 11 is 0. The van der Waals surface area contributed by atoms with Crippen LogP contribution in [0, 0.1) is 0 Å². The number of sulfonamides is 1. The molecule has 6 nitrogen and oxygen atoms in total. The molecule has 0 bridgehead atoms. The van der Waals surface area contributed by atoms with Crippen LogP contribution in [0.1, 0.15) is 48.9 Å². The lowest BCUT2D eigenvalue weighted by atomic mass is 10.0. The maximum absolute atomic E-state index is 13.0. The summed E-state index contributed by atoms with van der Waals surface area (Å²) in [5.74, 6) is -0.107. The van der Waals surface area contributed by atoms with E-state index in [-0.39, 0.29) is 16.8 Å². The number of rotatable bonds is 4. The van der Waals surface area contributed by atoms with E-state index < -0.39 is 10.0 Å². The van der Waals surface area contributed by atoms with E-state index in [1.165, 1.54) is 0 Å². The van der Waals surface area contributed by atoms with Crippen molar-refractivity contribution in [2.45, 2.75) is 49.5 Å². The van der Waals surface area contributed by atoms with Gasteiger partial charge in [-0.05, 0) is 57.0 Å². The van der Waals surface area contributed by atoms with E-state index in [9.17, 15) is 13.2 Å². The Labute approximate surface area is 156 Å². The molecule has 0 spiro atoms. The van der Waals surface area contributed by atoms with Crippen molar-refractivity contribution in [2.24, 2.45) is 0 Å². The van der Waals surface area contributed by atoms with Crippen molar-refractivity contribution in [2.75, 3.05) is 33.2 Å². The molecule has 0 aromatic heterocycles. The minimum Gasteiger partial charge on any atom is -0.339 e. The van der Waals surface area contributed by atoms with Crippen LogP contribution in [0.25, 0.3) is 0 Å². The van der Waals surface area contributed by atoms with Gasteiger partial charge in [-0.25, -0.2) is 8.42 Å². The number of carbonyl (C=O) groups excluding carboxylic acids is 1. The second kappa shape index (κ2) is 8.50. The quantitative estimate of drug-likeness (QED) is 0.870. The molecule has 0 atom stereocenters. The van der Waals surface area contributed by atoms with Crippen molar-refractivity contribution < 1.29 is 13.2 Å². The topological polar surface area (TPSA) is 69.7 Å². The highest BCUT2D eigenvalue weighted by atomic mass is 32.2. The van der Waals surface area contributed by atoms with E-state index in [1.807, 2.05) is 7.05 Å². The average Bonchev–Trinajstić information content (AvgIpc) is 2.98. The second-order valence-electron chi connectivity index (χ2n) is 7.24. The Morgan fingerprint density at radius 1 is 1.12 bits per heavy atom. The third kappa shape index (κ3) is 4.27. The largest absolute Gasteiger partial charge is 0.339 e. The maximum Gasteiger partial charge on any atom is 0.253 e. The summed E-state index contributed by atoms with van der Waals surface area (Å²) in [6, 6.07) is 6.73. The van der Waals surface area contributed by atoms with Crippen molar-refractivity contribution in [1.29, 1.82) is 0 Å². The zero-order chi connectivity index (χ0) is 18.6. The second-order valence-corrected chi connectivity index (χ2v) is 9.18. The van der Waals surface area contributed by atoms with Gasteiger partial charge in [0.2, 0.25) is 10.0 Å². The third-order valence-corrected chi connectivity index (χ3v) is 7.36. The minimum absolute atomic E-state index is 0.107. The fourth-order valence-electron chi connectivity index (χ4n) is 3.78. The lowest BCUT2D eigenvalue weighted by Gasteiger charge is -2.31. The fourth-order valence-corrected chi connectivity index (χ4v) is 5.35. The van der Waals surface area contributed by atoms with E-state index >= 15 is 0 Å². The number of hydrogen-bond acceptors (Lipinski definition) is 4. The molecule has 1 aromatic rings. The SMILES string of the molecule is CN(C(=O)c1cccc(S(=O)(=O)N2CCCCCC2)c1)C1CCNCC1. The summed E-state index contributed by atoms with van der Waals surface area (Å²) in [5.41, 5.74) is 0.446. The Balaban J connectivity index is 1.79. The number of nitrogens with one attached hydrogen (secondary N) is 1. The lowest BCUT2D eigenvalue weighted by Crippen LogP contribution is -2.44. The summed E-state index contributed by atoms with van der Waals surface area (Å²) in [5, 5.41) is 3.30. The van der Waals surface area contributed by atoms with E-state index in [4.69, 9.17) is 0 Å². The zero-order valence-electron chi connectivity index (χ0n) is 15.5. The molecule has 0 unspecified atom stereocenters. The molecule has 2 aliphatic heterocycles. The first-order valence-corrected chi connectivity index (χ1v) is 11.0. The predicted octanol–water partition coefficient (Wildman–Crippen LogP) is 2.08. The summed E-state index contributed by atoms with van der Waals surface area (Å²) in [7, 11) is -1.73. The van der Waals surface area contributed by atoms with Crippen LogP contribution in [-0.4, -0.2) is 62.8 Å². The summed E-state index contributed by atoms with van der Waals surface area (Å²) < 4.78 is 27.5. The molecule has 0 saturated carbocycles. The molecule has 26 heavy (non-hydrogen) atoms. The third-order valence-electron chi connectivity index (χ3n) is 5.46. The van der Waals surface area contributed by atoms with Crippen LogP contribution < -0.4 is 5.32 Å². The van der Waals surface area contributed by atoms with Gasteiger partial charge in [0.15, 0.2) is 0 Å². The van der Waals surface area contributed by atoms with Crippen LogP contribution in [0.2, 0.25) is 0 Å². The molecule has 1 N–H and O–H groups in total. The normalized spacial score (nSPS) is 20.5. The van der Waals surface area contributed by atoms with Gasteiger partial charge in [0.25, 0.3) is 5.91 Å². The first kappa shape index (κ1) is 19.3. The van der Waals surface area contributed by atoms with Crippen LogP contribution in [0.5, 0.6) is 0 Å². The summed E-state index contributed by atoms with van der Waals surface area (Å²) in [6.07, 6.45) is 5.80. The number of hydrogen-bond donors (Lipinski definition) is 1. The van der Waals surface area contributed by atoms with Gasteiger partial charge in [0, 0.05) is 31.7 Å². The van der Waals surface area contributed by atoms with Crippen LogP contribution in [0.15, 0.2) is 29.2 Å². The highest BCUT2D eigenvalue weighted by molar-refractivity contribution is 7.89. The Morgan fingerprint density at radius 2 is 1.77 bits per heavy atom. The zero-order valence-corrected chi connectivity index (χ0v) is 16.3. The molecule has 2 fully saturated rings. The Hall–Kier alpha value is -1.44. The molecule has 2 saturated heterocycles. The number of piperidine rings is 1. The lowest BCUT2D eigenvalue weighted by molar-refractivity contribution is 0.0703. The van der Waals surface area contributed by atoms with Gasteiger partial charge in [0.05, 0.1) is 4.90 Å². The molecule has 2 aliphatic rings. The molecule has 144 valence electrons. The van der Waals surface area contributed by atoms with Crippen molar-refractivity contribution in [1.82, 2.24) is 14.5 Å². The summed E-state index contributed by atoms with van der Waals surface area (Å²) in [6.45, 7) is 2.95. The number of benzene rings is 1. The van der Waals surface area contributed by atoms with Gasteiger partial charge in [-0.15, -0.1) is 0 Å².